The van der Waals surface area contributed by atoms with E-state index in [-0.39, 0.29) is 21.4 Å². The van der Waals surface area contributed by atoms with Crippen LogP contribution in [0.25, 0.3) is 0 Å². The molecule has 0 fully saturated rings. The third-order valence-corrected chi connectivity index (χ3v) is 4.87. The van der Waals surface area contributed by atoms with E-state index in [1.165, 1.54) is 36.4 Å². The topological polar surface area (TPSA) is 63.2 Å². The number of rotatable bonds is 5. The summed E-state index contributed by atoms with van der Waals surface area (Å²) in [5.41, 5.74) is 0.575. The van der Waals surface area contributed by atoms with Gasteiger partial charge in [0.1, 0.15) is 0 Å². The van der Waals surface area contributed by atoms with Gasteiger partial charge in [-0.1, -0.05) is 42.3 Å². The summed E-state index contributed by atoms with van der Waals surface area (Å²) in [7, 11) is -3.84. The van der Waals surface area contributed by atoms with Crippen molar-refractivity contribution in [1.29, 1.82) is 0 Å². The molecule has 0 spiro atoms. The first-order valence-electron chi connectivity index (χ1n) is 6.44. The van der Waals surface area contributed by atoms with E-state index < -0.39 is 10.0 Å². The van der Waals surface area contributed by atoms with E-state index >= 15 is 0 Å². The second-order valence-electron chi connectivity index (χ2n) is 4.53. The Bertz CT molecular complexity index is 819. The molecule has 4 nitrogen and oxygen atoms in total. The predicted molar refractivity (Wildman–Crippen MR) is 88.3 cm³/mol. The van der Waals surface area contributed by atoms with E-state index in [9.17, 15) is 13.2 Å². The lowest BCUT2D eigenvalue weighted by Crippen LogP contribution is -2.14. The number of nitrogens with one attached hydrogen (secondary N) is 1. The first-order chi connectivity index (χ1) is 10.3. The van der Waals surface area contributed by atoms with Crippen LogP contribution < -0.4 is 4.72 Å². The van der Waals surface area contributed by atoms with Gasteiger partial charge in [0.2, 0.25) is 0 Å². The lowest BCUT2D eigenvalue weighted by Gasteiger charge is -2.10. The normalized spacial score (nSPS) is 11.2. The maximum absolute atomic E-state index is 12.4. The average molecular weight is 358 g/mol. The highest BCUT2D eigenvalue weighted by molar-refractivity contribution is 7.92. The second-order valence-corrected chi connectivity index (χ2v) is 7.06. The van der Waals surface area contributed by atoms with Crippen LogP contribution in [0.15, 0.2) is 47.4 Å². The van der Waals surface area contributed by atoms with Crippen molar-refractivity contribution >= 4 is 44.7 Å². The molecule has 0 unspecified atom stereocenters. The number of sulfonamides is 1. The zero-order valence-electron chi connectivity index (χ0n) is 11.6. The number of ketones is 1. The van der Waals surface area contributed by atoms with Gasteiger partial charge in [-0.05, 0) is 30.3 Å². The summed E-state index contributed by atoms with van der Waals surface area (Å²) >= 11 is 11.7. The number of benzene rings is 2. The molecule has 0 saturated carbocycles. The monoisotopic (exact) mass is 357 g/mol. The van der Waals surface area contributed by atoms with E-state index in [0.29, 0.717) is 17.0 Å². The van der Waals surface area contributed by atoms with Crippen LogP contribution >= 0.6 is 23.2 Å². The summed E-state index contributed by atoms with van der Waals surface area (Å²) < 4.78 is 27.2. The number of hydrogen-bond donors (Lipinski definition) is 1. The lowest BCUT2D eigenvalue weighted by molar-refractivity contribution is 0.0988. The summed E-state index contributed by atoms with van der Waals surface area (Å²) in [6.45, 7) is 1.72. The number of halogens is 2. The van der Waals surface area contributed by atoms with Crippen LogP contribution in [0.5, 0.6) is 0 Å². The zero-order valence-corrected chi connectivity index (χ0v) is 14.0. The molecule has 0 amide bonds. The van der Waals surface area contributed by atoms with E-state index in [2.05, 4.69) is 4.72 Å². The van der Waals surface area contributed by atoms with Crippen LogP contribution in [0.3, 0.4) is 0 Å². The lowest BCUT2D eigenvalue weighted by atomic mass is 10.1. The largest absolute Gasteiger partial charge is 0.294 e. The smallest absolute Gasteiger partial charge is 0.261 e. The molecule has 0 aliphatic carbocycles. The fourth-order valence-electron chi connectivity index (χ4n) is 1.82. The number of carbonyl (C=O) groups is 1. The standard InChI is InChI=1S/C15H13Cl2NO3S/c1-2-15(19)10-4-3-5-12(8-10)22(20,21)18-14-7-6-11(16)9-13(14)17/h3-9,18H,2H2,1H3. The van der Waals surface area contributed by atoms with Crippen LogP contribution in [-0.4, -0.2) is 14.2 Å². The Morgan fingerprint density at radius 2 is 1.86 bits per heavy atom. The van der Waals surface area contributed by atoms with Gasteiger partial charge in [-0.2, -0.15) is 0 Å². The quantitative estimate of drug-likeness (QED) is 0.807. The van der Waals surface area contributed by atoms with E-state index in [1.54, 1.807) is 13.0 Å². The summed E-state index contributed by atoms with van der Waals surface area (Å²) in [6.07, 6.45) is 0.305. The highest BCUT2D eigenvalue weighted by Crippen LogP contribution is 2.27. The average Bonchev–Trinajstić information content (AvgIpc) is 2.49. The van der Waals surface area contributed by atoms with Gasteiger partial charge in [-0.15, -0.1) is 0 Å². The molecule has 2 rings (SSSR count). The van der Waals surface area contributed by atoms with Crippen molar-refractivity contribution in [2.45, 2.75) is 18.2 Å². The number of Topliss-reactive ketones (excluding diaryl/α,β-unsaturated/α-hetero) is 1. The summed E-state index contributed by atoms with van der Waals surface area (Å²) in [6, 6.07) is 10.3. The zero-order chi connectivity index (χ0) is 16.3. The summed E-state index contributed by atoms with van der Waals surface area (Å²) in [5, 5.41) is 0.598. The number of anilines is 1. The summed E-state index contributed by atoms with van der Waals surface area (Å²) in [5.74, 6) is -0.124. The highest BCUT2D eigenvalue weighted by Gasteiger charge is 2.17. The Hall–Kier alpha value is -1.56. The molecule has 0 aliphatic rings. The molecule has 0 bridgehead atoms. The Morgan fingerprint density at radius 3 is 2.50 bits per heavy atom. The minimum atomic E-state index is -3.84. The fraction of sp³-hybridized carbons (Fsp3) is 0.133. The maximum atomic E-state index is 12.4. The van der Waals surface area contributed by atoms with Gasteiger partial charge in [-0.25, -0.2) is 8.42 Å². The SMILES string of the molecule is CCC(=O)c1cccc(S(=O)(=O)Nc2ccc(Cl)cc2Cl)c1. The number of carbonyl (C=O) groups excluding carboxylic acids is 1. The molecule has 1 N–H and O–H groups in total. The van der Waals surface area contributed by atoms with Gasteiger partial charge in [0.05, 0.1) is 15.6 Å². The molecule has 0 aliphatic heterocycles. The Balaban J connectivity index is 2.36. The Morgan fingerprint density at radius 1 is 1.14 bits per heavy atom. The molecule has 7 heteroatoms. The first-order valence-corrected chi connectivity index (χ1v) is 8.68. The second kappa shape index (κ2) is 6.69. The third kappa shape index (κ3) is 3.80. The Labute approximate surface area is 139 Å². The van der Waals surface area contributed by atoms with Gasteiger partial charge in [0.15, 0.2) is 5.78 Å². The minimum Gasteiger partial charge on any atom is -0.294 e. The number of hydrogen-bond acceptors (Lipinski definition) is 3. The van der Waals surface area contributed by atoms with Gasteiger partial charge in [-0.3, -0.25) is 9.52 Å². The fourth-order valence-corrected chi connectivity index (χ4v) is 3.45. The van der Waals surface area contributed by atoms with Crippen molar-refractivity contribution in [3.8, 4) is 0 Å². The van der Waals surface area contributed by atoms with Crippen molar-refractivity contribution < 1.29 is 13.2 Å². The van der Waals surface area contributed by atoms with Crippen LogP contribution in [0.2, 0.25) is 10.0 Å². The van der Waals surface area contributed by atoms with E-state index in [0.717, 1.165) is 0 Å². The van der Waals surface area contributed by atoms with Crippen LogP contribution in [0, 0.1) is 0 Å². The molecule has 0 aromatic heterocycles. The molecule has 2 aromatic carbocycles. The van der Waals surface area contributed by atoms with Crippen molar-refractivity contribution in [3.05, 3.63) is 58.1 Å². The molecular formula is C15H13Cl2NO3S. The predicted octanol–water partition coefficient (Wildman–Crippen LogP) is 4.39. The third-order valence-electron chi connectivity index (χ3n) is 2.96. The van der Waals surface area contributed by atoms with Gasteiger partial charge in [0, 0.05) is 17.0 Å². The van der Waals surface area contributed by atoms with Gasteiger partial charge in [0.25, 0.3) is 10.0 Å². The van der Waals surface area contributed by atoms with Crippen molar-refractivity contribution in [3.63, 3.8) is 0 Å². The van der Waals surface area contributed by atoms with Crippen molar-refractivity contribution in [2.75, 3.05) is 4.72 Å². The molecule has 0 radical (unpaired) electrons. The van der Waals surface area contributed by atoms with Crippen molar-refractivity contribution in [1.82, 2.24) is 0 Å². The first kappa shape index (κ1) is 16.8. The van der Waals surface area contributed by atoms with Gasteiger partial charge < -0.3 is 0 Å². The van der Waals surface area contributed by atoms with Gasteiger partial charge >= 0.3 is 0 Å². The highest BCUT2D eigenvalue weighted by atomic mass is 35.5. The van der Waals surface area contributed by atoms with Crippen molar-refractivity contribution in [2.24, 2.45) is 0 Å². The minimum absolute atomic E-state index is 0.00202. The molecule has 2 aromatic rings. The van der Waals surface area contributed by atoms with E-state index in [4.69, 9.17) is 23.2 Å². The van der Waals surface area contributed by atoms with E-state index in [1.807, 2.05) is 0 Å². The molecule has 0 heterocycles. The van der Waals surface area contributed by atoms with Crippen LogP contribution in [-0.2, 0) is 10.0 Å². The maximum Gasteiger partial charge on any atom is 0.261 e. The molecule has 22 heavy (non-hydrogen) atoms. The molecular weight excluding hydrogens is 345 g/mol. The molecule has 0 atom stereocenters. The van der Waals surface area contributed by atoms with Crippen LogP contribution in [0.1, 0.15) is 23.7 Å². The molecule has 0 saturated heterocycles. The van der Waals surface area contributed by atoms with Crippen LogP contribution in [0.4, 0.5) is 5.69 Å². The molecule has 116 valence electrons. The summed E-state index contributed by atoms with van der Waals surface area (Å²) in [4.78, 5) is 11.7. The Kier molecular flexibility index (Phi) is 5.11.